The van der Waals surface area contributed by atoms with Crippen molar-refractivity contribution in [3.8, 4) is 0 Å². The molecule has 3 aromatic rings. The van der Waals surface area contributed by atoms with Crippen LogP contribution < -0.4 is 14.9 Å². The van der Waals surface area contributed by atoms with Crippen molar-refractivity contribution in [2.45, 2.75) is 83.1 Å². The van der Waals surface area contributed by atoms with E-state index in [4.69, 9.17) is 0 Å². The number of para-hydroxylation sites is 2. The number of hydrogen-bond donors (Lipinski definition) is 2. The summed E-state index contributed by atoms with van der Waals surface area (Å²) in [5.41, 5.74) is 4.25. The topological polar surface area (TPSA) is 108 Å². The van der Waals surface area contributed by atoms with Gasteiger partial charge in [0.2, 0.25) is 11.8 Å². The van der Waals surface area contributed by atoms with Gasteiger partial charge in [-0.1, -0.05) is 65.8 Å². The Kier molecular flexibility index (Phi) is 9.17. The van der Waals surface area contributed by atoms with Gasteiger partial charge in [-0.25, -0.2) is 8.42 Å². The molecule has 0 radical (unpaired) electrons. The molecule has 2 N–H and O–H groups in total. The van der Waals surface area contributed by atoms with E-state index in [2.05, 4.69) is 29.5 Å². The van der Waals surface area contributed by atoms with E-state index in [0.29, 0.717) is 35.5 Å². The first-order chi connectivity index (χ1) is 19.4. The lowest BCUT2D eigenvalue weighted by Gasteiger charge is -2.38. The first-order valence-electron chi connectivity index (χ1n) is 14.2. The number of rotatable bonds is 10. The number of sulfonamides is 1. The lowest BCUT2D eigenvalue weighted by Crippen LogP contribution is -2.53. The van der Waals surface area contributed by atoms with Crippen LogP contribution >= 0.6 is 0 Å². The minimum Gasteiger partial charge on any atom is -0.356 e. The summed E-state index contributed by atoms with van der Waals surface area (Å²) >= 11 is 0. The predicted molar refractivity (Wildman–Crippen MR) is 163 cm³/mol. The predicted octanol–water partition coefficient (Wildman–Crippen LogP) is 5.72. The quantitative estimate of drug-likeness (QED) is 0.321. The number of anilines is 2. The highest BCUT2D eigenvalue weighted by atomic mass is 32.2. The Hall–Kier alpha value is -3.72. The Morgan fingerprint density at radius 2 is 1.56 bits per heavy atom. The first kappa shape index (κ1) is 30.2. The summed E-state index contributed by atoms with van der Waals surface area (Å²) in [4.78, 5) is 30.8. The van der Waals surface area contributed by atoms with E-state index in [-0.39, 0.29) is 29.1 Å². The highest BCUT2D eigenvalue weighted by molar-refractivity contribution is 7.93. The summed E-state index contributed by atoms with van der Waals surface area (Å²) in [5.74, 6) is -0.888. The van der Waals surface area contributed by atoms with Crippen LogP contribution in [-0.2, 0) is 26.0 Å². The Morgan fingerprint density at radius 1 is 0.951 bits per heavy atom. The molecule has 0 bridgehead atoms. The molecule has 1 aromatic heterocycles. The number of amides is 2. The molecule has 9 heteroatoms. The third-order valence-electron chi connectivity index (χ3n) is 7.45. The van der Waals surface area contributed by atoms with Gasteiger partial charge in [0.15, 0.2) is 0 Å². The van der Waals surface area contributed by atoms with E-state index >= 15 is 0 Å². The van der Waals surface area contributed by atoms with Crippen LogP contribution in [0.3, 0.4) is 0 Å². The van der Waals surface area contributed by atoms with Crippen LogP contribution in [0.15, 0.2) is 65.8 Å². The fourth-order valence-electron chi connectivity index (χ4n) is 5.16. The van der Waals surface area contributed by atoms with Gasteiger partial charge < -0.3 is 10.6 Å². The SMILES string of the molecule is CC(C)c1cc(C(C)C)c(S(=O)(=O)N2c3ccccc3NC(=O)[C@H]2CC(=O)NCCc2ccncc2)c(C(C)C)c1. The third-order valence-corrected chi connectivity index (χ3v) is 9.40. The normalized spacial score (nSPS) is 15.3. The molecule has 41 heavy (non-hydrogen) atoms. The van der Waals surface area contributed by atoms with Crippen LogP contribution in [0.1, 0.15) is 88.0 Å². The lowest BCUT2D eigenvalue weighted by molar-refractivity contribution is -0.125. The van der Waals surface area contributed by atoms with Crippen molar-refractivity contribution in [3.63, 3.8) is 0 Å². The number of hydrogen-bond acceptors (Lipinski definition) is 5. The molecule has 0 saturated carbocycles. The number of fused-ring (bicyclic) bond motifs is 1. The van der Waals surface area contributed by atoms with Crippen LogP contribution in [0.25, 0.3) is 0 Å². The van der Waals surface area contributed by atoms with Gasteiger partial charge in [-0.2, -0.15) is 0 Å². The summed E-state index contributed by atoms with van der Waals surface area (Å²) in [6.45, 7) is 12.4. The monoisotopic (exact) mass is 576 g/mol. The molecule has 0 fully saturated rings. The molecule has 0 unspecified atom stereocenters. The van der Waals surface area contributed by atoms with Gasteiger partial charge in [0.1, 0.15) is 6.04 Å². The van der Waals surface area contributed by atoms with Crippen molar-refractivity contribution in [3.05, 3.63) is 83.2 Å². The number of benzene rings is 2. The fourth-order valence-corrected chi connectivity index (χ4v) is 7.47. The van der Waals surface area contributed by atoms with Gasteiger partial charge >= 0.3 is 0 Å². The number of nitrogens with one attached hydrogen (secondary N) is 2. The molecule has 2 amide bonds. The molecule has 8 nitrogen and oxygen atoms in total. The van der Waals surface area contributed by atoms with Crippen LogP contribution in [0.2, 0.25) is 0 Å². The molecule has 1 aliphatic rings. The second-order valence-corrected chi connectivity index (χ2v) is 13.2. The summed E-state index contributed by atoms with van der Waals surface area (Å²) in [6.07, 6.45) is 3.66. The van der Waals surface area contributed by atoms with E-state index in [1.807, 2.05) is 52.0 Å². The van der Waals surface area contributed by atoms with Crippen molar-refractivity contribution < 1.29 is 18.0 Å². The molecular weight excluding hydrogens is 536 g/mol. The average Bonchev–Trinajstić information content (AvgIpc) is 2.93. The maximum absolute atomic E-state index is 14.8. The van der Waals surface area contributed by atoms with Crippen LogP contribution in [0.4, 0.5) is 11.4 Å². The Labute approximate surface area is 243 Å². The Balaban J connectivity index is 1.78. The minimum atomic E-state index is -4.27. The molecule has 0 aliphatic carbocycles. The maximum Gasteiger partial charge on any atom is 0.265 e. The lowest BCUT2D eigenvalue weighted by atomic mass is 9.89. The molecule has 4 rings (SSSR count). The summed E-state index contributed by atoms with van der Waals surface area (Å²) in [6, 6.07) is 13.3. The molecule has 0 saturated heterocycles. The van der Waals surface area contributed by atoms with Crippen LogP contribution in [0.5, 0.6) is 0 Å². The number of nitrogens with zero attached hydrogens (tertiary/aromatic N) is 2. The number of carbonyl (C=O) groups excluding carboxylic acids is 2. The standard InChI is InChI=1S/C32H40N4O4S/c1-20(2)24-17-25(21(3)4)31(26(18-24)22(5)6)41(39,40)36-28-10-8-7-9-27(28)35-32(38)29(36)19-30(37)34-16-13-23-11-14-33-15-12-23/h7-12,14-15,17-18,20-22,29H,13,16,19H2,1-6H3,(H,34,37)(H,35,38)/t29-/m1/s1. The zero-order valence-electron chi connectivity index (χ0n) is 24.6. The van der Waals surface area contributed by atoms with Gasteiger partial charge in [0.25, 0.3) is 10.0 Å². The summed E-state index contributed by atoms with van der Waals surface area (Å²) in [7, 11) is -4.27. The fraction of sp³-hybridized carbons (Fsp3) is 0.406. The zero-order valence-corrected chi connectivity index (χ0v) is 25.5. The van der Waals surface area contributed by atoms with E-state index in [1.165, 1.54) is 4.31 Å². The number of pyridine rings is 1. The van der Waals surface area contributed by atoms with Gasteiger partial charge in [-0.05, 0) is 70.7 Å². The second kappa shape index (κ2) is 12.4. The van der Waals surface area contributed by atoms with E-state index in [9.17, 15) is 18.0 Å². The Morgan fingerprint density at radius 3 is 2.15 bits per heavy atom. The molecule has 1 atom stereocenters. The zero-order chi connectivity index (χ0) is 29.9. The van der Waals surface area contributed by atoms with Gasteiger partial charge in [-0.3, -0.25) is 18.9 Å². The maximum atomic E-state index is 14.8. The molecule has 2 aromatic carbocycles. The highest BCUT2D eigenvalue weighted by Crippen LogP contribution is 2.42. The number of carbonyl (C=O) groups is 2. The summed E-state index contributed by atoms with van der Waals surface area (Å²) in [5, 5.41) is 5.67. The highest BCUT2D eigenvalue weighted by Gasteiger charge is 2.44. The van der Waals surface area contributed by atoms with Gasteiger partial charge in [0.05, 0.1) is 22.7 Å². The third kappa shape index (κ3) is 6.45. The molecule has 2 heterocycles. The van der Waals surface area contributed by atoms with Crippen LogP contribution in [-0.4, -0.2) is 37.8 Å². The largest absolute Gasteiger partial charge is 0.356 e. The van der Waals surface area contributed by atoms with Crippen molar-refractivity contribution >= 4 is 33.2 Å². The van der Waals surface area contributed by atoms with Gasteiger partial charge in [0, 0.05) is 18.9 Å². The second-order valence-electron chi connectivity index (χ2n) is 11.5. The Bertz CT molecular complexity index is 1490. The van der Waals surface area contributed by atoms with Crippen molar-refractivity contribution in [1.29, 1.82) is 0 Å². The smallest absolute Gasteiger partial charge is 0.265 e. The minimum absolute atomic E-state index is 0.0835. The molecular formula is C32H40N4O4S. The number of aromatic nitrogens is 1. The molecule has 1 aliphatic heterocycles. The van der Waals surface area contributed by atoms with E-state index in [1.54, 1.807) is 36.7 Å². The molecule has 0 spiro atoms. The van der Waals surface area contributed by atoms with E-state index < -0.39 is 27.9 Å². The average molecular weight is 577 g/mol. The van der Waals surface area contributed by atoms with Gasteiger partial charge in [-0.15, -0.1) is 0 Å². The molecule has 218 valence electrons. The van der Waals surface area contributed by atoms with Crippen LogP contribution in [0, 0.1) is 0 Å². The van der Waals surface area contributed by atoms with E-state index in [0.717, 1.165) is 11.1 Å². The first-order valence-corrected chi connectivity index (χ1v) is 15.6. The summed E-state index contributed by atoms with van der Waals surface area (Å²) < 4.78 is 30.8. The van der Waals surface area contributed by atoms with Crippen molar-refractivity contribution in [1.82, 2.24) is 10.3 Å². The van der Waals surface area contributed by atoms with Crippen molar-refractivity contribution in [2.75, 3.05) is 16.2 Å². The van der Waals surface area contributed by atoms with Crippen molar-refractivity contribution in [2.24, 2.45) is 0 Å².